The van der Waals surface area contributed by atoms with E-state index in [2.05, 4.69) is 22.1 Å². The van der Waals surface area contributed by atoms with Gasteiger partial charge in [-0.05, 0) is 54.1 Å². The van der Waals surface area contributed by atoms with Crippen LogP contribution >= 0.6 is 11.3 Å². The van der Waals surface area contributed by atoms with Gasteiger partial charge in [0, 0.05) is 12.6 Å². The van der Waals surface area contributed by atoms with Crippen molar-refractivity contribution in [3.63, 3.8) is 0 Å². The fraction of sp³-hybridized carbons (Fsp3) is 0.636. The monoisotopic (exact) mass is 210 g/mol. The van der Waals surface area contributed by atoms with E-state index in [0.717, 1.165) is 19.0 Å². The third-order valence-electron chi connectivity index (χ3n) is 2.92. The fourth-order valence-electron chi connectivity index (χ4n) is 2.11. The van der Waals surface area contributed by atoms with Gasteiger partial charge in [0.05, 0.1) is 0 Å². The fourth-order valence-corrected chi connectivity index (χ4v) is 2.78. The van der Waals surface area contributed by atoms with Gasteiger partial charge < -0.3 is 11.1 Å². The molecule has 2 unspecified atom stereocenters. The lowest BCUT2D eigenvalue weighted by molar-refractivity contribution is 0.483. The highest BCUT2D eigenvalue weighted by atomic mass is 32.1. The molecular weight excluding hydrogens is 192 g/mol. The molecule has 2 rings (SSSR count). The first-order valence-corrected chi connectivity index (χ1v) is 6.26. The van der Waals surface area contributed by atoms with Gasteiger partial charge in [-0.3, -0.25) is 0 Å². The molecule has 3 N–H and O–H groups in total. The highest BCUT2D eigenvalue weighted by Gasteiger charge is 2.20. The standard InChI is InChI=1S/C11H18N2S/c12-11-2-1-9(5-11)6-13-7-10-3-4-14-8-10/h3-4,8-9,11,13H,1-2,5-7,12H2. The molecule has 2 nitrogen and oxygen atoms in total. The molecule has 0 saturated heterocycles. The molecule has 0 spiro atoms. The highest BCUT2D eigenvalue weighted by molar-refractivity contribution is 7.07. The van der Waals surface area contributed by atoms with Crippen LogP contribution in [0.1, 0.15) is 24.8 Å². The number of hydrogen-bond acceptors (Lipinski definition) is 3. The molecule has 1 aliphatic carbocycles. The summed E-state index contributed by atoms with van der Waals surface area (Å²) < 4.78 is 0. The summed E-state index contributed by atoms with van der Waals surface area (Å²) in [6.07, 6.45) is 3.72. The minimum absolute atomic E-state index is 0.461. The van der Waals surface area contributed by atoms with Gasteiger partial charge in [0.15, 0.2) is 0 Å². The SMILES string of the molecule is NC1CCC(CNCc2ccsc2)C1. The number of nitrogens with two attached hydrogens (primary N) is 1. The van der Waals surface area contributed by atoms with E-state index in [4.69, 9.17) is 5.73 Å². The van der Waals surface area contributed by atoms with Crippen molar-refractivity contribution >= 4 is 11.3 Å². The van der Waals surface area contributed by atoms with Gasteiger partial charge in [-0.1, -0.05) is 0 Å². The molecule has 0 amide bonds. The first kappa shape index (κ1) is 10.1. The molecule has 1 aromatic heterocycles. The number of thiophene rings is 1. The van der Waals surface area contributed by atoms with Crippen LogP contribution < -0.4 is 11.1 Å². The van der Waals surface area contributed by atoms with Crippen molar-refractivity contribution in [3.05, 3.63) is 22.4 Å². The summed E-state index contributed by atoms with van der Waals surface area (Å²) >= 11 is 1.76. The van der Waals surface area contributed by atoms with Crippen molar-refractivity contribution in [1.29, 1.82) is 0 Å². The van der Waals surface area contributed by atoms with Crippen molar-refractivity contribution < 1.29 is 0 Å². The average Bonchev–Trinajstić information content (AvgIpc) is 2.77. The van der Waals surface area contributed by atoms with Gasteiger partial charge >= 0.3 is 0 Å². The van der Waals surface area contributed by atoms with E-state index in [0.29, 0.717) is 6.04 Å². The van der Waals surface area contributed by atoms with E-state index in [1.807, 2.05) is 0 Å². The van der Waals surface area contributed by atoms with Crippen LogP contribution in [0.15, 0.2) is 16.8 Å². The average molecular weight is 210 g/mol. The van der Waals surface area contributed by atoms with Crippen molar-refractivity contribution in [2.24, 2.45) is 11.7 Å². The van der Waals surface area contributed by atoms with Crippen molar-refractivity contribution in [3.8, 4) is 0 Å². The Morgan fingerprint density at radius 1 is 1.50 bits per heavy atom. The molecule has 0 bridgehead atoms. The van der Waals surface area contributed by atoms with E-state index in [9.17, 15) is 0 Å². The van der Waals surface area contributed by atoms with Crippen LogP contribution in [0.25, 0.3) is 0 Å². The summed E-state index contributed by atoms with van der Waals surface area (Å²) in [5.41, 5.74) is 7.27. The van der Waals surface area contributed by atoms with Crippen LogP contribution in [0, 0.1) is 5.92 Å². The highest BCUT2D eigenvalue weighted by Crippen LogP contribution is 2.23. The first-order valence-electron chi connectivity index (χ1n) is 5.32. The molecule has 1 saturated carbocycles. The Morgan fingerprint density at radius 2 is 2.43 bits per heavy atom. The van der Waals surface area contributed by atoms with Gasteiger partial charge in [0.25, 0.3) is 0 Å². The second kappa shape index (κ2) is 4.91. The molecule has 1 aliphatic rings. The lowest BCUT2D eigenvalue weighted by Crippen LogP contribution is -2.22. The van der Waals surface area contributed by atoms with E-state index in [-0.39, 0.29) is 0 Å². The predicted octanol–water partition coefficient (Wildman–Crippen LogP) is 1.97. The molecule has 1 fully saturated rings. The third-order valence-corrected chi connectivity index (χ3v) is 3.66. The third kappa shape index (κ3) is 2.80. The number of nitrogens with one attached hydrogen (secondary N) is 1. The zero-order valence-corrected chi connectivity index (χ0v) is 9.22. The summed E-state index contributed by atoms with van der Waals surface area (Å²) in [6.45, 7) is 2.14. The Hall–Kier alpha value is -0.380. The van der Waals surface area contributed by atoms with Crippen LogP contribution in [0.2, 0.25) is 0 Å². The quantitative estimate of drug-likeness (QED) is 0.797. The van der Waals surface area contributed by atoms with Crippen LogP contribution in [0.5, 0.6) is 0 Å². The normalized spacial score (nSPS) is 26.9. The summed E-state index contributed by atoms with van der Waals surface area (Å²) in [7, 11) is 0. The van der Waals surface area contributed by atoms with Gasteiger partial charge in [0.1, 0.15) is 0 Å². The van der Waals surface area contributed by atoms with Crippen molar-refractivity contribution in [1.82, 2.24) is 5.32 Å². The van der Waals surface area contributed by atoms with Crippen LogP contribution in [-0.2, 0) is 6.54 Å². The maximum absolute atomic E-state index is 5.87. The van der Waals surface area contributed by atoms with Gasteiger partial charge in [-0.25, -0.2) is 0 Å². The molecule has 0 radical (unpaired) electrons. The molecule has 3 heteroatoms. The van der Waals surface area contributed by atoms with Crippen molar-refractivity contribution in [2.45, 2.75) is 31.8 Å². The maximum atomic E-state index is 5.87. The Bertz CT molecular complexity index is 258. The molecule has 78 valence electrons. The lowest BCUT2D eigenvalue weighted by Gasteiger charge is -2.10. The van der Waals surface area contributed by atoms with E-state index in [1.165, 1.54) is 24.8 Å². The lowest BCUT2D eigenvalue weighted by atomic mass is 10.1. The minimum Gasteiger partial charge on any atom is -0.328 e. The summed E-state index contributed by atoms with van der Waals surface area (Å²) in [5, 5.41) is 7.83. The molecular formula is C11H18N2S. The Labute approximate surface area is 89.5 Å². The van der Waals surface area contributed by atoms with Crippen molar-refractivity contribution in [2.75, 3.05) is 6.54 Å². The second-order valence-electron chi connectivity index (χ2n) is 4.20. The Kier molecular flexibility index (Phi) is 3.56. The van der Waals surface area contributed by atoms with Gasteiger partial charge in [-0.2, -0.15) is 11.3 Å². The van der Waals surface area contributed by atoms with Crippen LogP contribution in [0.4, 0.5) is 0 Å². The zero-order chi connectivity index (χ0) is 9.80. The second-order valence-corrected chi connectivity index (χ2v) is 4.98. The molecule has 0 aromatic carbocycles. The van der Waals surface area contributed by atoms with Crippen LogP contribution in [0.3, 0.4) is 0 Å². The van der Waals surface area contributed by atoms with E-state index in [1.54, 1.807) is 11.3 Å². The summed E-state index contributed by atoms with van der Waals surface area (Å²) in [4.78, 5) is 0. The molecule has 0 aliphatic heterocycles. The smallest absolute Gasteiger partial charge is 0.0213 e. The zero-order valence-electron chi connectivity index (χ0n) is 8.41. The Morgan fingerprint density at radius 3 is 3.07 bits per heavy atom. The van der Waals surface area contributed by atoms with Gasteiger partial charge in [-0.15, -0.1) is 0 Å². The van der Waals surface area contributed by atoms with Gasteiger partial charge in [0.2, 0.25) is 0 Å². The Balaban J connectivity index is 1.64. The van der Waals surface area contributed by atoms with E-state index >= 15 is 0 Å². The molecule has 2 atom stereocenters. The molecule has 1 aromatic rings. The first-order chi connectivity index (χ1) is 6.84. The van der Waals surface area contributed by atoms with E-state index < -0.39 is 0 Å². The summed E-state index contributed by atoms with van der Waals surface area (Å²) in [5.74, 6) is 0.809. The minimum atomic E-state index is 0.461. The predicted molar refractivity (Wildman–Crippen MR) is 61.3 cm³/mol. The number of rotatable bonds is 4. The van der Waals surface area contributed by atoms with Crippen LogP contribution in [-0.4, -0.2) is 12.6 Å². The number of hydrogen-bond donors (Lipinski definition) is 2. The summed E-state index contributed by atoms with van der Waals surface area (Å²) in [6, 6.07) is 2.64. The largest absolute Gasteiger partial charge is 0.328 e. The maximum Gasteiger partial charge on any atom is 0.0213 e. The molecule has 14 heavy (non-hydrogen) atoms. The topological polar surface area (TPSA) is 38.0 Å². The molecule has 1 heterocycles.